The average molecular weight is 258 g/mol. The van der Waals surface area contributed by atoms with Crippen molar-refractivity contribution in [1.29, 1.82) is 0 Å². The minimum atomic E-state index is 0.158. The van der Waals surface area contributed by atoms with Crippen LogP contribution in [-0.4, -0.2) is 18.1 Å². The SMILES string of the molecule is CNCc1cnc(OC(C)C(C)C)c2ccccc12. The van der Waals surface area contributed by atoms with Gasteiger partial charge in [0.15, 0.2) is 0 Å². The van der Waals surface area contributed by atoms with Crippen LogP contribution < -0.4 is 10.1 Å². The molecular weight excluding hydrogens is 236 g/mol. The van der Waals surface area contributed by atoms with Crippen LogP contribution in [0.4, 0.5) is 0 Å². The van der Waals surface area contributed by atoms with E-state index < -0.39 is 0 Å². The third-order valence-corrected chi connectivity index (χ3v) is 3.44. The zero-order chi connectivity index (χ0) is 13.8. The monoisotopic (exact) mass is 258 g/mol. The largest absolute Gasteiger partial charge is 0.474 e. The first-order valence-electron chi connectivity index (χ1n) is 6.81. The number of hydrogen-bond donors (Lipinski definition) is 1. The van der Waals surface area contributed by atoms with Crippen molar-refractivity contribution in [2.75, 3.05) is 7.05 Å². The Kier molecular flexibility index (Phi) is 4.38. The summed E-state index contributed by atoms with van der Waals surface area (Å²) in [5, 5.41) is 5.47. The molecule has 0 bridgehead atoms. The van der Waals surface area contributed by atoms with Crippen molar-refractivity contribution in [2.45, 2.75) is 33.4 Å². The van der Waals surface area contributed by atoms with E-state index in [9.17, 15) is 0 Å². The smallest absolute Gasteiger partial charge is 0.221 e. The Labute approximate surface area is 115 Å². The first-order valence-corrected chi connectivity index (χ1v) is 6.81. The molecule has 0 fully saturated rings. The van der Waals surface area contributed by atoms with Gasteiger partial charge in [0.1, 0.15) is 0 Å². The van der Waals surface area contributed by atoms with E-state index in [1.54, 1.807) is 0 Å². The van der Waals surface area contributed by atoms with E-state index in [1.807, 2.05) is 19.3 Å². The van der Waals surface area contributed by atoms with Gasteiger partial charge >= 0.3 is 0 Å². The first kappa shape index (κ1) is 13.8. The van der Waals surface area contributed by atoms with Gasteiger partial charge < -0.3 is 10.1 Å². The van der Waals surface area contributed by atoms with Crippen LogP contribution in [0.15, 0.2) is 30.5 Å². The zero-order valence-electron chi connectivity index (χ0n) is 12.1. The van der Waals surface area contributed by atoms with Gasteiger partial charge in [-0.1, -0.05) is 32.0 Å². The van der Waals surface area contributed by atoms with Gasteiger partial charge in [0.05, 0.1) is 6.10 Å². The Hall–Kier alpha value is -1.61. The molecule has 0 saturated carbocycles. The molecule has 3 nitrogen and oxygen atoms in total. The predicted octanol–water partition coefficient (Wildman–Crippen LogP) is 3.38. The third-order valence-electron chi connectivity index (χ3n) is 3.44. The Morgan fingerprint density at radius 2 is 1.84 bits per heavy atom. The molecule has 2 aromatic rings. The fraction of sp³-hybridized carbons (Fsp3) is 0.438. The van der Waals surface area contributed by atoms with Crippen LogP contribution in [0.5, 0.6) is 5.88 Å². The van der Waals surface area contributed by atoms with Crippen molar-refractivity contribution in [1.82, 2.24) is 10.3 Å². The molecule has 19 heavy (non-hydrogen) atoms. The maximum atomic E-state index is 5.99. The summed E-state index contributed by atoms with van der Waals surface area (Å²) in [6, 6.07) is 8.28. The summed E-state index contributed by atoms with van der Waals surface area (Å²) in [6.45, 7) is 7.21. The molecule has 2 rings (SSSR count). The quantitative estimate of drug-likeness (QED) is 0.892. The summed E-state index contributed by atoms with van der Waals surface area (Å²) in [5.74, 6) is 1.20. The van der Waals surface area contributed by atoms with Crippen LogP contribution in [0, 0.1) is 5.92 Å². The number of rotatable bonds is 5. The van der Waals surface area contributed by atoms with E-state index >= 15 is 0 Å². The summed E-state index contributed by atoms with van der Waals surface area (Å²) in [5.41, 5.74) is 1.20. The highest BCUT2D eigenvalue weighted by Crippen LogP contribution is 2.27. The van der Waals surface area contributed by atoms with Crippen LogP contribution in [0.25, 0.3) is 10.8 Å². The highest BCUT2D eigenvalue weighted by atomic mass is 16.5. The van der Waals surface area contributed by atoms with E-state index in [0.717, 1.165) is 17.8 Å². The lowest BCUT2D eigenvalue weighted by atomic mass is 10.1. The average Bonchev–Trinajstić information content (AvgIpc) is 2.41. The van der Waals surface area contributed by atoms with E-state index in [2.05, 4.69) is 49.3 Å². The Balaban J connectivity index is 2.43. The molecule has 0 saturated heterocycles. The van der Waals surface area contributed by atoms with Crippen molar-refractivity contribution in [3.63, 3.8) is 0 Å². The molecular formula is C16H22N2O. The topological polar surface area (TPSA) is 34.2 Å². The summed E-state index contributed by atoms with van der Waals surface area (Å²) in [4.78, 5) is 4.49. The molecule has 1 N–H and O–H groups in total. The van der Waals surface area contributed by atoms with Gasteiger partial charge in [-0.2, -0.15) is 0 Å². The van der Waals surface area contributed by atoms with Gasteiger partial charge in [0, 0.05) is 18.1 Å². The van der Waals surface area contributed by atoms with Crippen molar-refractivity contribution in [2.24, 2.45) is 5.92 Å². The Morgan fingerprint density at radius 1 is 1.16 bits per heavy atom. The van der Waals surface area contributed by atoms with E-state index in [4.69, 9.17) is 4.74 Å². The Bertz CT molecular complexity index is 551. The lowest BCUT2D eigenvalue weighted by Gasteiger charge is -2.19. The molecule has 1 unspecified atom stereocenters. The van der Waals surface area contributed by atoms with Crippen LogP contribution in [0.2, 0.25) is 0 Å². The number of ether oxygens (including phenoxy) is 1. The molecule has 1 atom stereocenters. The summed E-state index contributed by atoms with van der Waals surface area (Å²) in [7, 11) is 1.94. The van der Waals surface area contributed by atoms with Crippen LogP contribution in [0.3, 0.4) is 0 Å². The number of pyridine rings is 1. The van der Waals surface area contributed by atoms with Crippen molar-refractivity contribution in [3.8, 4) is 5.88 Å². The van der Waals surface area contributed by atoms with Crippen molar-refractivity contribution >= 4 is 10.8 Å². The van der Waals surface area contributed by atoms with E-state index in [0.29, 0.717) is 5.92 Å². The Morgan fingerprint density at radius 3 is 2.47 bits per heavy atom. The molecule has 102 valence electrons. The summed E-state index contributed by atoms with van der Waals surface area (Å²) < 4.78 is 5.99. The molecule has 0 aliphatic carbocycles. The van der Waals surface area contributed by atoms with Crippen molar-refractivity contribution in [3.05, 3.63) is 36.0 Å². The zero-order valence-corrected chi connectivity index (χ0v) is 12.1. The molecule has 1 aromatic heterocycles. The van der Waals surface area contributed by atoms with Crippen molar-refractivity contribution < 1.29 is 4.74 Å². The van der Waals surface area contributed by atoms with Gasteiger partial charge in [-0.05, 0) is 36.9 Å². The predicted molar refractivity (Wildman–Crippen MR) is 79.4 cm³/mol. The molecule has 0 amide bonds. The summed E-state index contributed by atoms with van der Waals surface area (Å²) >= 11 is 0. The van der Waals surface area contributed by atoms with E-state index in [-0.39, 0.29) is 6.10 Å². The second-order valence-corrected chi connectivity index (χ2v) is 5.23. The third kappa shape index (κ3) is 3.04. The minimum absolute atomic E-state index is 0.158. The van der Waals surface area contributed by atoms with Gasteiger partial charge in [-0.15, -0.1) is 0 Å². The standard InChI is InChI=1S/C16H22N2O/c1-11(2)12(3)19-16-15-8-6-5-7-14(15)13(9-17-4)10-18-16/h5-8,10-12,17H,9H2,1-4H3. The van der Waals surface area contributed by atoms with Gasteiger partial charge in [-0.3, -0.25) is 0 Å². The normalized spacial score (nSPS) is 12.9. The number of nitrogens with zero attached hydrogens (tertiary/aromatic N) is 1. The fourth-order valence-corrected chi connectivity index (χ4v) is 1.96. The molecule has 0 spiro atoms. The van der Waals surface area contributed by atoms with Gasteiger partial charge in [-0.25, -0.2) is 4.98 Å². The van der Waals surface area contributed by atoms with Crippen LogP contribution >= 0.6 is 0 Å². The van der Waals surface area contributed by atoms with Gasteiger partial charge in [0.2, 0.25) is 5.88 Å². The number of hydrogen-bond acceptors (Lipinski definition) is 3. The lowest BCUT2D eigenvalue weighted by Crippen LogP contribution is -2.19. The molecule has 0 radical (unpaired) electrons. The first-order chi connectivity index (χ1) is 9.13. The number of nitrogens with one attached hydrogen (secondary N) is 1. The second-order valence-electron chi connectivity index (χ2n) is 5.23. The number of aromatic nitrogens is 1. The van der Waals surface area contributed by atoms with Crippen LogP contribution in [0.1, 0.15) is 26.3 Å². The number of fused-ring (bicyclic) bond motifs is 1. The fourth-order valence-electron chi connectivity index (χ4n) is 1.96. The highest BCUT2D eigenvalue weighted by molar-refractivity contribution is 5.89. The molecule has 1 heterocycles. The highest BCUT2D eigenvalue weighted by Gasteiger charge is 2.13. The molecule has 1 aromatic carbocycles. The summed E-state index contributed by atoms with van der Waals surface area (Å²) in [6.07, 6.45) is 2.06. The number of benzene rings is 1. The second kappa shape index (κ2) is 6.02. The molecule has 0 aliphatic heterocycles. The van der Waals surface area contributed by atoms with Gasteiger partial charge in [0.25, 0.3) is 0 Å². The maximum Gasteiger partial charge on any atom is 0.221 e. The van der Waals surface area contributed by atoms with E-state index in [1.165, 1.54) is 10.9 Å². The van der Waals surface area contributed by atoms with Crippen LogP contribution in [-0.2, 0) is 6.54 Å². The maximum absolute atomic E-state index is 5.99. The molecule has 0 aliphatic rings. The minimum Gasteiger partial charge on any atom is -0.474 e. The lowest BCUT2D eigenvalue weighted by molar-refractivity contribution is 0.166. The molecule has 3 heteroatoms.